The largest absolute Gasteiger partial charge is 0.327 e. The van der Waals surface area contributed by atoms with Crippen molar-refractivity contribution in [1.29, 1.82) is 0 Å². The zero-order chi connectivity index (χ0) is 14.3. The molecule has 2 N–H and O–H groups in total. The smallest absolute Gasteiger partial charge is 0.00698 e. The number of likely N-dealkylation sites (tertiary alicyclic amines) is 1. The number of piperidine rings is 1. The van der Waals surface area contributed by atoms with E-state index in [2.05, 4.69) is 39.5 Å². The van der Waals surface area contributed by atoms with Crippen LogP contribution < -0.4 is 5.73 Å². The van der Waals surface area contributed by atoms with Crippen molar-refractivity contribution in [2.24, 2.45) is 28.4 Å². The highest BCUT2D eigenvalue weighted by Crippen LogP contribution is 2.45. The van der Waals surface area contributed by atoms with E-state index in [1.54, 1.807) is 0 Å². The van der Waals surface area contributed by atoms with Crippen LogP contribution in [0.25, 0.3) is 0 Å². The summed E-state index contributed by atoms with van der Waals surface area (Å²) in [4.78, 5) is 2.72. The predicted molar refractivity (Wildman–Crippen MR) is 83.1 cm³/mol. The maximum atomic E-state index is 6.28. The number of rotatable bonds is 2. The second kappa shape index (κ2) is 5.37. The summed E-state index contributed by atoms with van der Waals surface area (Å²) >= 11 is 0. The molecule has 3 atom stereocenters. The van der Waals surface area contributed by atoms with Gasteiger partial charge in [-0.25, -0.2) is 0 Å². The average Bonchev–Trinajstić information content (AvgIpc) is 2.29. The molecule has 3 unspecified atom stereocenters. The first kappa shape index (κ1) is 15.3. The second-order valence-electron chi connectivity index (χ2n) is 8.55. The van der Waals surface area contributed by atoms with Gasteiger partial charge in [0, 0.05) is 19.1 Å². The van der Waals surface area contributed by atoms with Crippen molar-refractivity contribution in [1.82, 2.24) is 4.90 Å². The highest BCUT2D eigenvalue weighted by molar-refractivity contribution is 4.95. The molecule has 1 aliphatic carbocycles. The van der Waals surface area contributed by atoms with Crippen LogP contribution in [0.1, 0.15) is 60.3 Å². The fourth-order valence-electron chi connectivity index (χ4n) is 4.28. The highest BCUT2D eigenvalue weighted by atomic mass is 15.1. The second-order valence-corrected chi connectivity index (χ2v) is 8.55. The summed E-state index contributed by atoms with van der Waals surface area (Å²) in [6.45, 7) is 15.9. The third-order valence-electron chi connectivity index (χ3n) is 6.17. The molecule has 1 heterocycles. The molecule has 19 heavy (non-hydrogen) atoms. The lowest BCUT2D eigenvalue weighted by atomic mass is 9.61. The summed E-state index contributed by atoms with van der Waals surface area (Å²) in [5.41, 5.74) is 7.18. The highest BCUT2D eigenvalue weighted by Gasteiger charge is 2.42. The molecule has 0 amide bonds. The minimum absolute atomic E-state index is 0.388. The lowest BCUT2D eigenvalue weighted by molar-refractivity contribution is 0.00977. The van der Waals surface area contributed by atoms with Crippen molar-refractivity contribution in [2.75, 3.05) is 19.6 Å². The third-order valence-corrected chi connectivity index (χ3v) is 6.17. The molecule has 112 valence electrons. The summed E-state index contributed by atoms with van der Waals surface area (Å²) in [7, 11) is 0. The molecule has 0 aromatic rings. The summed E-state index contributed by atoms with van der Waals surface area (Å²) in [6, 6.07) is 0.407. The Morgan fingerprint density at radius 2 is 1.84 bits per heavy atom. The predicted octanol–water partition coefficient (Wildman–Crippen LogP) is 3.51. The Kier molecular flexibility index (Phi) is 4.32. The van der Waals surface area contributed by atoms with E-state index >= 15 is 0 Å². The Morgan fingerprint density at radius 3 is 2.47 bits per heavy atom. The quantitative estimate of drug-likeness (QED) is 0.829. The Labute approximate surface area is 120 Å². The zero-order valence-electron chi connectivity index (χ0n) is 13.7. The van der Waals surface area contributed by atoms with E-state index in [0.29, 0.717) is 22.8 Å². The molecule has 2 rings (SSSR count). The maximum Gasteiger partial charge on any atom is 0.00698 e. The monoisotopic (exact) mass is 266 g/mol. The summed E-state index contributed by atoms with van der Waals surface area (Å²) in [5, 5.41) is 0. The fraction of sp³-hybridized carbons (Fsp3) is 1.00. The van der Waals surface area contributed by atoms with Crippen LogP contribution in [0.2, 0.25) is 0 Å². The minimum Gasteiger partial charge on any atom is -0.327 e. The Morgan fingerprint density at radius 1 is 1.16 bits per heavy atom. The van der Waals surface area contributed by atoms with E-state index in [1.165, 1.54) is 45.3 Å². The molecular formula is C17H34N2. The van der Waals surface area contributed by atoms with E-state index in [-0.39, 0.29) is 0 Å². The molecule has 0 radical (unpaired) electrons. The molecule has 0 spiro atoms. The number of nitrogens with zero attached hydrogens (tertiary/aromatic N) is 1. The molecule has 0 aromatic carbocycles. The van der Waals surface area contributed by atoms with E-state index in [0.717, 1.165) is 5.92 Å². The summed E-state index contributed by atoms with van der Waals surface area (Å²) in [6.07, 6.45) is 5.29. The standard InChI is InChI=1S/C17H34N2/c1-13-15(18)8-7-14(17(13,4)5)11-19-10-6-9-16(2,3)12-19/h13-15H,6-12,18H2,1-5H3. The van der Waals surface area contributed by atoms with Crippen LogP contribution in [-0.4, -0.2) is 30.6 Å². The van der Waals surface area contributed by atoms with Crippen LogP contribution in [0.5, 0.6) is 0 Å². The Hall–Kier alpha value is -0.0800. The van der Waals surface area contributed by atoms with Crippen LogP contribution in [0.4, 0.5) is 0 Å². The van der Waals surface area contributed by atoms with Crippen LogP contribution >= 0.6 is 0 Å². The van der Waals surface area contributed by atoms with Crippen molar-refractivity contribution in [3.8, 4) is 0 Å². The molecule has 2 aliphatic rings. The normalized spacial score (nSPS) is 39.2. The number of nitrogens with two attached hydrogens (primary N) is 1. The van der Waals surface area contributed by atoms with Gasteiger partial charge in [0.1, 0.15) is 0 Å². The van der Waals surface area contributed by atoms with Gasteiger partial charge >= 0.3 is 0 Å². The van der Waals surface area contributed by atoms with Crippen molar-refractivity contribution in [3.05, 3.63) is 0 Å². The fourth-order valence-corrected chi connectivity index (χ4v) is 4.28. The first-order chi connectivity index (χ1) is 8.72. The first-order valence-corrected chi connectivity index (χ1v) is 8.20. The molecule has 2 fully saturated rings. The van der Waals surface area contributed by atoms with Crippen molar-refractivity contribution in [3.63, 3.8) is 0 Å². The summed E-state index contributed by atoms with van der Waals surface area (Å²) < 4.78 is 0. The Bertz CT molecular complexity index is 308. The summed E-state index contributed by atoms with van der Waals surface area (Å²) in [5.74, 6) is 1.46. The van der Waals surface area contributed by atoms with Gasteiger partial charge in [0.15, 0.2) is 0 Å². The van der Waals surface area contributed by atoms with Gasteiger partial charge in [-0.3, -0.25) is 0 Å². The number of hydrogen-bond acceptors (Lipinski definition) is 2. The van der Waals surface area contributed by atoms with E-state index < -0.39 is 0 Å². The molecule has 0 aromatic heterocycles. The van der Waals surface area contributed by atoms with Gasteiger partial charge in [0.25, 0.3) is 0 Å². The molecule has 2 nitrogen and oxygen atoms in total. The number of hydrogen-bond donors (Lipinski definition) is 1. The molecule has 2 heteroatoms. The van der Waals surface area contributed by atoms with Crippen molar-refractivity contribution < 1.29 is 0 Å². The van der Waals surface area contributed by atoms with Gasteiger partial charge in [0.05, 0.1) is 0 Å². The molecule has 0 bridgehead atoms. The minimum atomic E-state index is 0.388. The van der Waals surface area contributed by atoms with Crippen molar-refractivity contribution in [2.45, 2.75) is 66.3 Å². The average molecular weight is 266 g/mol. The van der Waals surface area contributed by atoms with Crippen molar-refractivity contribution >= 4 is 0 Å². The van der Waals surface area contributed by atoms with Gasteiger partial charge in [-0.05, 0) is 54.9 Å². The van der Waals surface area contributed by atoms with Gasteiger partial charge in [-0.15, -0.1) is 0 Å². The SMILES string of the molecule is CC1C(N)CCC(CN2CCCC(C)(C)C2)C1(C)C. The van der Waals surface area contributed by atoms with Gasteiger partial charge in [-0.1, -0.05) is 34.6 Å². The molecule has 1 saturated carbocycles. The van der Waals surface area contributed by atoms with Gasteiger partial charge < -0.3 is 10.6 Å². The van der Waals surface area contributed by atoms with Crippen LogP contribution in [0.3, 0.4) is 0 Å². The molecule has 1 aliphatic heterocycles. The first-order valence-electron chi connectivity index (χ1n) is 8.20. The van der Waals surface area contributed by atoms with E-state index in [1.807, 2.05) is 0 Å². The Balaban J connectivity index is 1.98. The molecule has 1 saturated heterocycles. The van der Waals surface area contributed by atoms with Crippen LogP contribution in [0.15, 0.2) is 0 Å². The lowest BCUT2D eigenvalue weighted by Gasteiger charge is -2.49. The van der Waals surface area contributed by atoms with Crippen LogP contribution in [-0.2, 0) is 0 Å². The maximum absolute atomic E-state index is 6.28. The lowest BCUT2D eigenvalue weighted by Crippen LogP contribution is -2.51. The topological polar surface area (TPSA) is 29.3 Å². The third kappa shape index (κ3) is 3.33. The zero-order valence-corrected chi connectivity index (χ0v) is 13.7. The van der Waals surface area contributed by atoms with E-state index in [4.69, 9.17) is 5.73 Å². The van der Waals surface area contributed by atoms with Gasteiger partial charge in [-0.2, -0.15) is 0 Å². The molecular weight excluding hydrogens is 232 g/mol. The van der Waals surface area contributed by atoms with E-state index in [9.17, 15) is 0 Å². The van der Waals surface area contributed by atoms with Crippen LogP contribution in [0, 0.1) is 22.7 Å². The van der Waals surface area contributed by atoms with Gasteiger partial charge in [0.2, 0.25) is 0 Å².